The van der Waals surface area contributed by atoms with Crippen LogP contribution < -0.4 is 19.7 Å². The van der Waals surface area contributed by atoms with Crippen LogP contribution in [0.5, 0.6) is 11.5 Å². The number of anilines is 2. The number of piperidine rings is 1. The number of ether oxygens (including phenoxy) is 2. The van der Waals surface area contributed by atoms with Gasteiger partial charge in [0.05, 0.1) is 0 Å². The highest BCUT2D eigenvalue weighted by Gasteiger charge is 2.28. The van der Waals surface area contributed by atoms with Crippen LogP contribution in [-0.2, 0) is 17.8 Å². The zero-order chi connectivity index (χ0) is 24.5. The van der Waals surface area contributed by atoms with Crippen LogP contribution in [0.4, 0.5) is 11.4 Å². The van der Waals surface area contributed by atoms with Gasteiger partial charge in [0.15, 0.2) is 11.5 Å². The van der Waals surface area contributed by atoms with Crippen molar-refractivity contribution in [3.8, 4) is 11.5 Å². The maximum atomic E-state index is 13.1. The van der Waals surface area contributed by atoms with Crippen molar-refractivity contribution in [2.45, 2.75) is 25.8 Å². The van der Waals surface area contributed by atoms with Gasteiger partial charge in [-0.05, 0) is 66.8 Å². The first-order valence-corrected chi connectivity index (χ1v) is 12.6. The van der Waals surface area contributed by atoms with E-state index in [-0.39, 0.29) is 24.5 Å². The summed E-state index contributed by atoms with van der Waals surface area (Å²) in [4.78, 5) is 30.1. The van der Waals surface area contributed by atoms with Gasteiger partial charge in [0, 0.05) is 55.1 Å². The first-order chi connectivity index (χ1) is 17.6. The standard InChI is InChI=1S/C29H29N3O4/c33-28(30-24-7-10-26-27(17-24)36-19-35-26)21-12-14-31(15-13-21)29(34)22-5-8-25(9-6-22)32-16-11-20-3-1-2-4-23(20)18-32/h1-10,17,21H,11-16,18-19H2,(H,30,33). The number of hydrogen-bond donors (Lipinski definition) is 1. The smallest absolute Gasteiger partial charge is 0.253 e. The number of carbonyl (C=O) groups is 2. The van der Waals surface area contributed by atoms with Gasteiger partial charge in [-0.2, -0.15) is 0 Å². The van der Waals surface area contributed by atoms with Crippen LogP contribution in [0, 0.1) is 5.92 Å². The van der Waals surface area contributed by atoms with Gasteiger partial charge in [-0.25, -0.2) is 0 Å². The summed E-state index contributed by atoms with van der Waals surface area (Å²) in [5.74, 6) is 1.22. The minimum absolute atomic E-state index is 0.0200. The summed E-state index contributed by atoms with van der Waals surface area (Å²) in [6.45, 7) is 3.22. The predicted molar refractivity (Wildman–Crippen MR) is 137 cm³/mol. The molecule has 0 atom stereocenters. The first-order valence-electron chi connectivity index (χ1n) is 12.6. The number of likely N-dealkylation sites (tertiary alicyclic amines) is 1. The topological polar surface area (TPSA) is 71.1 Å². The molecule has 0 aromatic heterocycles. The van der Waals surface area contributed by atoms with Crippen molar-refractivity contribution in [2.24, 2.45) is 5.92 Å². The first kappa shape index (κ1) is 22.5. The summed E-state index contributed by atoms with van der Waals surface area (Å²) in [6.07, 6.45) is 2.33. The average molecular weight is 484 g/mol. The van der Waals surface area contributed by atoms with Gasteiger partial charge in [-0.15, -0.1) is 0 Å². The monoisotopic (exact) mass is 483 g/mol. The van der Waals surface area contributed by atoms with Crippen LogP contribution in [0.15, 0.2) is 66.7 Å². The lowest BCUT2D eigenvalue weighted by Gasteiger charge is -2.32. The Morgan fingerprint density at radius 3 is 2.39 bits per heavy atom. The largest absolute Gasteiger partial charge is 0.454 e. The molecule has 184 valence electrons. The van der Waals surface area contributed by atoms with Crippen molar-refractivity contribution in [3.05, 3.63) is 83.4 Å². The predicted octanol–water partition coefficient (Wildman–Crippen LogP) is 4.47. The van der Waals surface area contributed by atoms with E-state index in [4.69, 9.17) is 9.47 Å². The van der Waals surface area contributed by atoms with Gasteiger partial charge in [0.1, 0.15) is 0 Å². The van der Waals surface area contributed by atoms with Gasteiger partial charge < -0.3 is 24.6 Å². The molecule has 0 spiro atoms. The molecule has 2 amide bonds. The molecule has 1 saturated heterocycles. The molecule has 7 nitrogen and oxygen atoms in total. The normalized spacial score (nSPS) is 17.0. The van der Waals surface area contributed by atoms with E-state index in [1.165, 1.54) is 11.1 Å². The van der Waals surface area contributed by atoms with Gasteiger partial charge in [-0.3, -0.25) is 9.59 Å². The third kappa shape index (κ3) is 4.49. The molecule has 1 fully saturated rings. The highest BCUT2D eigenvalue weighted by Crippen LogP contribution is 2.34. The minimum atomic E-state index is -0.121. The van der Waals surface area contributed by atoms with Gasteiger partial charge in [0.2, 0.25) is 12.7 Å². The van der Waals surface area contributed by atoms with E-state index >= 15 is 0 Å². The van der Waals surface area contributed by atoms with E-state index in [1.807, 2.05) is 35.2 Å². The fraction of sp³-hybridized carbons (Fsp3) is 0.310. The van der Waals surface area contributed by atoms with Crippen molar-refractivity contribution < 1.29 is 19.1 Å². The maximum Gasteiger partial charge on any atom is 0.253 e. The molecule has 0 aliphatic carbocycles. The number of rotatable bonds is 4. The molecular formula is C29H29N3O4. The Balaban J connectivity index is 1.03. The second-order valence-corrected chi connectivity index (χ2v) is 9.61. The Morgan fingerprint density at radius 2 is 1.58 bits per heavy atom. The Labute approximate surface area is 210 Å². The molecule has 7 heteroatoms. The summed E-state index contributed by atoms with van der Waals surface area (Å²) in [7, 11) is 0. The molecule has 3 aliphatic heterocycles. The highest BCUT2D eigenvalue weighted by atomic mass is 16.7. The van der Waals surface area contributed by atoms with Crippen molar-refractivity contribution in [1.82, 2.24) is 4.90 Å². The molecule has 36 heavy (non-hydrogen) atoms. The van der Waals surface area contributed by atoms with Crippen LogP contribution in [-0.4, -0.2) is 43.1 Å². The van der Waals surface area contributed by atoms with Crippen molar-refractivity contribution in [2.75, 3.05) is 36.6 Å². The van der Waals surface area contributed by atoms with Crippen molar-refractivity contribution >= 4 is 23.2 Å². The van der Waals surface area contributed by atoms with Crippen molar-refractivity contribution in [3.63, 3.8) is 0 Å². The lowest BCUT2D eigenvalue weighted by Crippen LogP contribution is -2.41. The lowest BCUT2D eigenvalue weighted by molar-refractivity contribution is -0.121. The second kappa shape index (κ2) is 9.57. The number of nitrogens with zero attached hydrogens (tertiary/aromatic N) is 2. The quantitative estimate of drug-likeness (QED) is 0.593. The van der Waals surface area contributed by atoms with Crippen LogP contribution >= 0.6 is 0 Å². The van der Waals surface area contributed by atoms with E-state index in [0.717, 1.165) is 25.2 Å². The molecular weight excluding hydrogens is 454 g/mol. The van der Waals surface area contributed by atoms with Gasteiger partial charge >= 0.3 is 0 Å². The molecule has 3 aromatic rings. The molecule has 3 heterocycles. The van der Waals surface area contributed by atoms with E-state index in [9.17, 15) is 9.59 Å². The fourth-order valence-corrected chi connectivity index (χ4v) is 5.28. The maximum absolute atomic E-state index is 13.1. The third-order valence-corrected chi connectivity index (χ3v) is 7.40. The minimum Gasteiger partial charge on any atom is -0.454 e. The molecule has 0 radical (unpaired) electrons. The number of nitrogens with one attached hydrogen (secondary N) is 1. The fourth-order valence-electron chi connectivity index (χ4n) is 5.28. The number of hydrogen-bond acceptors (Lipinski definition) is 5. The Bertz CT molecular complexity index is 1280. The SMILES string of the molecule is O=C(Nc1ccc2c(c1)OCO2)C1CCN(C(=O)c2ccc(N3CCc4ccccc4C3)cc2)CC1. The van der Waals surface area contributed by atoms with Gasteiger partial charge in [0.25, 0.3) is 5.91 Å². The second-order valence-electron chi connectivity index (χ2n) is 9.61. The number of amides is 2. The molecule has 0 bridgehead atoms. The zero-order valence-corrected chi connectivity index (χ0v) is 20.1. The lowest BCUT2D eigenvalue weighted by atomic mass is 9.95. The van der Waals surface area contributed by atoms with Crippen LogP contribution in [0.2, 0.25) is 0 Å². The van der Waals surface area contributed by atoms with Crippen molar-refractivity contribution in [1.29, 1.82) is 0 Å². The summed E-state index contributed by atoms with van der Waals surface area (Å²) in [5, 5.41) is 2.98. The molecule has 6 rings (SSSR count). The number of carbonyl (C=O) groups excluding carboxylic acids is 2. The van der Waals surface area contributed by atoms with E-state index in [1.54, 1.807) is 12.1 Å². The Kier molecular flexibility index (Phi) is 5.97. The summed E-state index contributed by atoms with van der Waals surface area (Å²) in [6, 6.07) is 21.9. The summed E-state index contributed by atoms with van der Waals surface area (Å²) >= 11 is 0. The van der Waals surface area contributed by atoms with E-state index in [2.05, 4.69) is 34.5 Å². The number of benzene rings is 3. The Morgan fingerprint density at radius 1 is 0.833 bits per heavy atom. The van der Waals surface area contributed by atoms with Crippen LogP contribution in [0.3, 0.4) is 0 Å². The molecule has 0 unspecified atom stereocenters. The molecule has 3 aromatic carbocycles. The highest BCUT2D eigenvalue weighted by molar-refractivity contribution is 5.95. The van der Waals surface area contributed by atoms with Crippen LogP contribution in [0.1, 0.15) is 34.3 Å². The third-order valence-electron chi connectivity index (χ3n) is 7.40. The van der Waals surface area contributed by atoms with Gasteiger partial charge in [-0.1, -0.05) is 24.3 Å². The average Bonchev–Trinajstić information content (AvgIpc) is 3.40. The van der Waals surface area contributed by atoms with Crippen LogP contribution in [0.25, 0.3) is 0 Å². The summed E-state index contributed by atoms with van der Waals surface area (Å²) in [5.41, 5.74) is 5.32. The molecule has 0 saturated carbocycles. The zero-order valence-electron chi connectivity index (χ0n) is 20.1. The van der Waals surface area contributed by atoms with E-state index in [0.29, 0.717) is 48.7 Å². The molecule has 3 aliphatic rings. The Hall–Kier alpha value is -4.00. The van der Waals surface area contributed by atoms with E-state index < -0.39 is 0 Å². The summed E-state index contributed by atoms with van der Waals surface area (Å²) < 4.78 is 10.7. The number of fused-ring (bicyclic) bond motifs is 2. The molecule has 1 N–H and O–H groups in total.